The van der Waals surface area contributed by atoms with Gasteiger partial charge < -0.3 is 16.2 Å². The molecule has 0 aromatic heterocycles. The summed E-state index contributed by atoms with van der Waals surface area (Å²) >= 11 is 0. The van der Waals surface area contributed by atoms with Crippen LogP contribution in [-0.4, -0.2) is 24.5 Å². The van der Waals surface area contributed by atoms with Crippen molar-refractivity contribution in [3.63, 3.8) is 0 Å². The summed E-state index contributed by atoms with van der Waals surface area (Å²) in [6.07, 6.45) is 4.60. The third-order valence-corrected chi connectivity index (χ3v) is 2.47. The minimum atomic E-state index is -0.771. The lowest BCUT2D eigenvalue weighted by molar-refractivity contribution is -0.155. The van der Waals surface area contributed by atoms with Crippen molar-refractivity contribution in [2.45, 2.75) is 58.0 Å². The normalized spacial score (nSPS) is 12.1. The zero-order chi connectivity index (χ0) is 13.1. The predicted octanol–water partition coefficient (Wildman–Crippen LogP) is 1.09. The first-order chi connectivity index (χ1) is 8.11. The van der Waals surface area contributed by atoms with E-state index in [0.29, 0.717) is 25.8 Å². The molecule has 1 atom stereocenters. The Morgan fingerprint density at radius 3 is 2.35 bits per heavy atom. The van der Waals surface area contributed by atoms with Crippen LogP contribution < -0.4 is 11.5 Å². The molecule has 0 aromatic carbocycles. The quantitative estimate of drug-likeness (QED) is 0.444. The molecule has 0 radical (unpaired) electrons. The first-order valence-corrected chi connectivity index (χ1v) is 6.30. The third-order valence-electron chi connectivity index (χ3n) is 2.47. The van der Waals surface area contributed by atoms with Crippen molar-refractivity contribution in [1.29, 1.82) is 0 Å². The van der Waals surface area contributed by atoms with Crippen molar-refractivity contribution >= 4 is 11.9 Å². The van der Waals surface area contributed by atoms with E-state index in [-0.39, 0.29) is 5.97 Å². The second-order valence-corrected chi connectivity index (χ2v) is 4.12. The molecule has 0 aliphatic rings. The highest BCUT2D eigenvalue weighted by Gasteiger charge is 2.19. The van der Waals surface area contributed by atoms with E-state index in [4.69, 9.17) is 16.2 Å². The topological polar surface area (TPSA) is 95.4 Å². The van der Waals surface area contributed by atoms with E-state index in [2.05, 4.69) is 0 Å². The average molecular weight is 244 g/mol. The zero-order valence-electron chi connectivity index (χ0n) is 10.6. The number of hydrogen-bond donors (Lipinski definition) is 2. The van der Waals surface area contributed by atoms with Crippen LogP contribution in [0.3, 0.4) is 0 Å². The highest BCUT2D eigenvalue weighted by atomic mass is 16.5. The first kappa shape index (κ1) is 15.9. The molecule has 0 aliphatic carbocycles. The van der Waals surface area contributed by atoms with Crippen LogP contribution in [0.15, 0.2) is 0 Å². The molecule has 1 amide bonds. The minimum absolute atomic E-state index is 0.330. The molecular weight excluding hydrogens is 220 g/mol. The molecule has 0 heterocycles. The predicted molar refractivity (Wildman–Crippen MR) is 66.1 cm³/mol. The number of carbonyl (C=O) groups excluding carboxylic acids is 2. The maximum Gasteiger partial charge on any atom is 0.306 e. The molecule has 17 heavy (non-hydrogen) atoms. The molecule has 0 spiro atoms. The summed E-state index contributed by atoms with van der Waals surface area (Å²) < 4.78 is 5.02. The summed E-state index contributed by atoms with van der Waals surface area (Å²) in [5.41, 5.74) is 10.6. The zero-order valence-corrected chi connectivity index (χ0v) is 10.6. The molecule has 4 N–H and O–H groups in total. The van der Waals surface area contributed by atoms with Crippen LogP contribution in [0.1, 0.15) is 51.9 Å². The molecule has 0 rings (SSSR count). The Hall–Kier alpha value is -1.10. The van der Waals surface area contributed by atoms with E-state index >= 15 is 0 Å². The van der Waals surface area contributed by atoms with Crippen LogP contribution in [0, 0.1) is 0 Å². The minimum Gasteiger partial charge on any atom is -0.452 e. The Morgan fingerprint density at radius 1 is 1.18 bits per heavy atom. The van der Waals surface area contributed by atoms with Crippen LogP contribution >= 0.6 is 0 Å². The number of ether oxygens (including phenoxy) is 1. The van der Waals surface area contributed by atoms with Crippen LogP contribution in [0.5, 0.6) is 0 Å². The van der Waals surface area contributed by atoms with Crippen LogP contribution in [-0.2, 0) is 14.3 Å². The van der Waals surface area contributed by atoms with E-state index < -0.39 is 12.0 Å². The number of rotatable bonds is 10. The molecule has 5 heteroatoms. The van der Waals surface area contributed by atoms with Crippen molar-refractivity contribution in [1.82, 2.24) is 0 Å². The number of amides is 1. The van der Waals surface area contributed by atoms with Gasteiger partial charge in [-0.1, -0.05) is 19.8 Å². The van der Waals surface area contributed by atoms with E-state index in [0.717, 1.165) is 25.7 Å². The molecular formula is C12H24N2O3. The lowest BCUT2D eigenvalue weighted by atomic mass is 10.1. The fourth-order valence-corrected chi connectivity index (χ4v) is 1.51. The van der Waals surface area contributed by atoms with E-state index in [1.807, 2.05) is 6.92 Å². The SMILES string of the molecule is CCCC(=O)OC(CCCCCCN)C(N)=O. The molecule has 0 aromatic rings. The Kier molecular flexibility index (Phi) is 9.43. The van der Waals surface area contributed by atoms with Crippen molar-refractivity contribution in [2.75, 3.05) is 6.54 Å². The summed E-state index contributed by atoms with van der Waals surface area (Å²) in [5.74, 6) is -0.911. The number of esters is 1. The fourth-order valence-electron chi connectivity index (χ4n) is 1.51. The van der Waals surface area contributed by atoms with Gasteiger partial charge in [-0.3, -0.25) is 9.59 Å². The Bertz CT molecular complexity index is 232. The van der Waals surface area contributed by atoms with Crippen LogP contribution in [0.25, 0.3) is 0 Å². The Labute approximate surface area is 103 Å². The van der Waals surface area contributed by atoms with E-state index in [1.54, 1.807) is 0 Å². The number of unbranched alkanes of at least 4 members (excludes halogenated alkanes) is 3. The van der Waals surface area contributed by atoms with Gasteiger partial charge in [-0.15, -0.1) is 0 Å². The second kappa shape index (κ2) is 10.1. The van der Waals surface area contributed by atoms with Crippen molar-refractivity contribution < 1.29 is 14.3 Å². The van der Waals surface area contributed by atoms with Crippen molar-refractivity contribution in [3.8, 4) is 0 Å². The molecule has 0 bridgehead atoms. The Morgan fingerprint density at radius 2 is 1.82 bits per heavy atom. The number of nitrogens with two attached hydrogens (primary N) is 2. The fraction of sp³-hybridized carbons (Fsp3) is 0.833. The number of primary amides is 1. The largest absolute Gasteiger partial charge is 0.452 e. The lowest BCUT2D eigenvalue weighted by Gasteiger charge is -2.14. The maximum absolute atomic E-state index is 11.2. The van der Waals surface area contributed by atoms with Gasteiger partial charge >= 0.3 is 5.97 Å². The lowest BCUT2D eigenvalue weighted by Crippen LogP contribution is -2.33. The molecule has 5 nitrogen and oxygen atoms in total. The molecule has 100 valence electrons. The van der Waals surface area contributed by atoms with Crippen molar-refractivity contribution in [3.05, 3.63) is 0 Å². The number of hydrogen-bond acceptors (Lipinski definition) is 4. The summed E-state index contributed by atoms with van der Waals surface area (Å²) in [4.78, 5) is 22.3. The first-order valence-electron chi connectivity index (χ1n) is 6.30. The molecule has 0 fully saturated rings. The monoisotopic (exact) mass is 244 g/mol. The average Bonchev–Trinajstić information content (AvgIpc) is 2.27. The van der Waals surface area contributed by atoms with Gasteiger partial charge in [0.15, 0.2) is 6.10 Å². The summed E-state index contributed by atoms with van der Waals surface area (Å²) in [5, 5.41) is 0. The van der Waals surface area contributed by atoms with Gasteiger partial charge in [-0.2, -0.15) is 0 Å². The van der Waals surface area contributed by atoms with Gasteiger partial charge in [0.2, 0.25) is 0 Å². The third kappa shape index (κ3) is 8.68. The van der Waals surface area contributed by atoms with Crippen molar-refractivity contribution in [2.24, 2.45) is 11.5 Å². The summed E-state index contributed by atoms with van der Waals surface area (Å²) in [6, 6.07) is 0. The van der Waals surface area contributed by atoms with Gasteiger partial charge in [0, 0.05) is 6.42 Å². The summed E-state index contributed by atoms with van der Waals surface area (Å²) in [6.45, 7) is 2.57. The molecule has 1 unspecified atom stereocenters. The second-order valence-electron chi connectivity index (χ2n) is 4.12. The van der Waals surface area contributed by atoms with Gasteiger partial charge in [0.1, 0.15) is 0 Å². The van der Waals surface area contributed by atoms with E-state index in [1.165, 1.54) is 0 Å². The maximum atomic E-state index is 11.2. The highest BCUT2D eigenvalue weighted by molar-refractivity contribution is 5.82. The van der Waals surface area contributed by atoms with Crippen LogP contribution in [0.4, 0.5) is 0 Å². The standard InChI is InChI=1S/C12H24N2O3/c1-2-7-11(15)17-10(12(14)16)8-5-3-4-6-9-13/h10H,2-9,13H2,1H3,(H2,14,16). The Balaban J connectivity index is 3.83. The summed E-state index contributed by atoms with van der Waals surface area (Å²) in [7, 11) is 0. The number of carbonyl (C=O) groups is 2. The van der Waals surface area contributed by atoms with Gasteiger partial charge in [-0.05, 0) is 32.2 Å². The smallest absolute Gasteiger partial charge is 0.306 e. The van der Waals surface area contributed by atoms with E-state index in [9.17, 15) is 9.59 Å². The highest BCUT2D eigenvalue weighted by Crippen LogP contribution is 2.09. The molecule has 0 aliphatic heterocycles. The van der Waals surface area contributed by atoms with Crippen LogP contribution in [0.2, 0.25) is 0 Å². The van der Waals surface area contributed by atoms with Gasteiger partial charge in [0.25, 0.3) is 5.91 Å². The van der Waals surface area contributed by atoms with Gasteiger partial charge in [0.05, 0.1) is 0 Å². The molecule has 0 saturated carbocycles. The molecule has 0 saturated heterocycles. The van der Waals surface area contributed by atoms with Gasteiger partial charge in [-0.25, -0.2) is 0 Å².